The number of benzene rings is 1. The molecule has 0 aliphatic heterocycles. The number of nitrogens with zero attached hydrogens (tertiary/aromatic N) is 2. The first kappa shape index (κ1) is 19.1. The van der Waals surface area contributed by atoms with Crippen LogP contribution in [0.3, 0.4) is 0 Å². The Kier molecular flexibility index (Phi) is 6.24. The first-order valence-electron chi connectivity index (χ1n) is 9.11. The quantitative estimate of drug-likeness (QED) is 0.623. The summed E-state index contributed by atoms with van der Waals surface area (Å²) in [5.74, 6) is -0.0726. The maximum atomic E-state index is 12.1. The van der Waals surface area contributed by atoms with E-state index < -0.39 is 0 Å². The number of carbonyl (C=O) groups excluding carboxylic acids is 1. The summed E-state index contributed by atoms with van der Waals surface area (Å²) in [7, 11) is 0. The summed E-state index contributed by atoms with van der Waals surface area (Å²) < 4.78 is 1.99. The van der Waals surface area contributed by atoms with E-state index in [2.05, 4.69) is 53.1 Å². The van der Waals surface area contributed by atoms with Crippen LogP contribution in [0.1, 0.15) is 33.0 Å². The van der Waals surface area contributed by atoms with Gasteiger partial charge in [-0.15, -0.1) is 11.3 Å². The molecule has 27 heavy (non-hydrogen) atoms. The smallest absolute Gasteiger partial charge is 0.244 e. The van der Waals surface area contributed by atoms with Crippen molar-refractivity contribution in [2.75, 3.05) is 6.54 Å². The van der Waals surface area contributed by atoms with Crippen molar-refractivity contribution in [1.82, 2.24) is 15.1 Å². The van der Waals surface area contributed by atoms with Crippen molar-refractivity contribution in [3.05, 3.63) is 80.8 Å². The van der Waals surface area contributed by atoms with Crippen LogP contribution in [0.2, 0.25) is 0 Å². The number of thiophene rings is 1. The molecule has 0 aliphatic carbocycles. The summed E-state index contributed by atoms with van der Waals surface area (Å²) in [6.07, 6.45) is 4.33. The molecule has 0 atom stereocenters. The zero-order chi connectivity index (χ0) is 19.2. The molecule has 0 saturated carbocycles. The fraction of sp³-hybridized carbons (Fsp3) is 0.273. The number of aromatic nitrogens is 2. The Labute approximate surface area is 164 Å². The molecule has 0 saturated heterocycles. The van der Waals surface area contributed by atoms with Crippen molar-refractivity contribution in [2.24, 2.45) is 0 Å². The standard InChI is InChI=1S/C22H25N3OS/c1-16-6-8-19(9-7-16)15-25-18(3)21(17(2)24-25)10-11-22(26)23-13-12-20-5-4-14-27-20/h4-11,14H,12-13,15H2,1-3H3,(H,23,26)/b11-10+. The van der Waals surface area contributed by atoms with Gasteiger partial charge in [-0.3, -0.25) is 9.48 Å². The lowest BCUT2D eigenvalue weighted by atomic mass is 10.1. The summed E-state index contributed by atoms with van der Waals surface area (Å²) in [5, 5.41) is 9.63. The van der Waals surface area contributed by atoms with Gasteiger partial charge in [0.1, 0.15) is 0 Å². The van der Waals surface area contributed by atoms with E-state index in [1.54, 1.807) is 17.4 Å². The minimum Gasteiger partial charge on any atom is -0.352 e. The molecule has 1 amide bonds. The van der Waals surface area contributed by atoms with Gasteiger partial charge in [0.25, 0.3) is 0 Å². The van der Waals surface area contributed by atoms with Gasteiger partial charge in [0, 0.05) is 28.8 Å². The lowest BCUT2D eigenvalue weighted by Crippen LogP contribution is -2.23. The van der Waals surface area contributed by atoms with E-state index >= 15 is 0 Å². The molecule has 1 aromatic carbocycles. The van der Waals surface area contributed by atoms with Gasteiger partial charge in [-0.2, -0.15) is 5.10 Å². The average molecular weight is 380 g/mol. The highest BCUT2D eigenvalue weighted by molar-refractivity contribution is 7.09. The number of amides is 1. The first-order valence-corrected chi connectivity index (χ1v) is 9.99. The van der Waals surface area contributed by atoms with Gasteiger partial charge in [0.05, 0.1) is 12.2 Å². The zero-order valence-electron chi connectivity index (χ0n) is 16.0. The Hall–Kier alpha value is -2.66. The van der Waals surface area contributed by atoms with E-state index in [0.717, 1.165) is 29.9 Å². The Morgan fingerprint density at radius 3 is 2.67 bits per heavy atom. The van der Waals surface area contributed by atoms with Crippen molar-refractivity contribution < 1.29 is 4.79 Å². The molecule has 0 unspecified atom stereocenters. The zero-order valence-corrected chi connectivity index (χ0v) is 16.8. The number of carbonyl (C=O) groups is 1. The van der Waals surface area contributed by atoms with Gasteiger partial charge in [-0.25, -0.2) is 0 Å². The summed E-state index contributed by atoms with van der Waals surface area (Å²) in [5.41, 5.74) is 5.47. The maximum absolute atomic E-state index is 12.1. The van der Waals surface area contributed by atoms with Crippen LogP contribution in [0, 0.1) is 20.8 Å². The summed E-state index contributed by atoms with van der Waals surface area (Å²) >= 11 is 1.71. The molecule has 0 radical (unpaired) electrons. The molecule has 0 spiro atoms. The Morgan fingerprint density at radius 2 is 1.96 bits per heavy atom. The third-order valence-electron chi connectivity index (χ3n) is 4.54. The second-order valence-corrected chi connectivity index (χ2v) is 7.71. The van der Waals surface area contributed by atoms with Crippen molar-refractivity contribution in [3.63, 3.8) is 0 Å². The highest BCUT2D eigenvalue weighted by Crippen LogP contribution is 2.17. The van der Waals surface area contributed by atoms with Crippen molar-refractivity contribution >= 4 is 23.3 Å². The topological polar surface area (TPSA) is 46.9 Å². The number of hydrogen-bond donors (Lipinski definition) is 1. The molecule has 1 N–H and O–H groups in total. The number of hydrogen-bond acceptors (Lipinski definition) is 3. The first-order chi connectivity index (χ1) is 13.0. The molecular weight excluding hydrogens is 354 g/mol. The van der Waals surface area contributed by atoms with E-state index in [0.29, 0.717) is 6.54 Å². The van der Waals surface area contributed by atoms with Crippen LogP contribution in [0.15, 0.2) is 47.9 Å². The molecule has 0 fully saturated rings. The van der Waals surface area contributed by atoms with Gasteiger partial charge in [-0.1, -0.05) is 35.9 Å². The second-order valence-electron chi connectivity index (χ2n) is 6.68. The number of aryl methyl sites for hydroxylation is 2. The molecule has 3 rings (SSSR count). The van der Waals surface area contributed by atoms with E-state index in [1.807, 2.05) is 30.7 Å². The molecule has 2 aromatic heterocycles. The van der Waals surface area contributed by atoms with Crippen LogP contribution in [0.5, 0.6) is 0 Å². The van der Waals surface area contributed by atoms with Crippen molar-refractivity contribution in [3.8, 4) is 0 Å². The highest BCUT2D eigenvalue weighted by atomic mass is 32.1. The third-order valence-corrected chi connectivity index (χ3v) is 5.48. The van der Waals surface area contributed by atoms with Crippen LogP contribution in [0.4, 0.5) is 0 Å². The highest BCUT2D eigenvalue weighted by Gasteiger charge is 2.10. The van der Waals surface area contributed by atoms with Crippen molar-refractivity contribution in [2.45, 2.75) is 33.7 Å². The Balaban J connectivity index is 1.60. The van der Waals surface area contributed by atoms with Gasteiger partial charge in [0.2, 0.25) is 5.91 Å². The summed E-state index contributed by atoms with van der Waals surface area (Å²) in [4.78, 5) is 13.4. The molecule has 4 nitrogen and oxygen atoms in total. The molecule has 140 valence electrons. The predicted octanol–water partition coefficient (Wildman–Crippen LogP) is 4.29. The minimum absolute atomic E-state index is 0.0726. The van der Waals surface area contributed by atoms with E-state index in [9.17, 15) is 4.79 Å². The van der Waals surface area contributed by atoms with Crippen LogP contribution in [-0.2, 0) is 17.8 Å². The van der Waals surface area contributed by atoms with Crippen LogP contribution in [0.25, 0.3) is 6.08 Å². The molecular formula is C22H25N3OS. The van der Waals surface area contributed by atoms with Crippen LogP contribution < -0.4 is 5.32 Å². The summed E-state index contributed by atoms with van der Waals surface area (Å²) in [6, 6.07) is 12.6. The molecule has 3 aromatic rings. The largest absolute Gasteiger partial charge is 0.352 e. The van der Waals surface area contributed by atoms with Crippen LogP contribution >= 0.6 is 11.3 Å². The monoisotopic (exact) mass is 379 g/mol. The lowest BCUT2D eigenvalue weighted by Gasteiger charge is -2.05. The fourth-order valence-corrected chi connectivity index (χ4v) is 3.66. The average Bonchev–Trinajstić information content (AvgIpc) is 3.24. The number of nitrogens with one attached hydrogen (secondary N) is 1. The molecule has 0 bridgehead atoms. The molecule has 2 heterocycles. The SMILES string of the molecule is Cc1ccc(Cn2nc(C)c(/C=C/C(=O)NCCc3cccs3)c2C)cc1. The van der Waals surface area contributed by atoms with Crippen LogP contribution in [-0.4, -0.2) is 22.2 Å². The maximum Gasteiger partial charge on any atom is 0.244 e. The van der Waals surface area contributed by atoms with Gasteiger partial charge in [0.15, 0.2) is 0 Å². The summed E-state index contributed by atoms with van der Waals surface area (Å²) in [6.45, 7) is 7.49. The van der Waals surface area contributed by atoms with E-state index in [-0.39, 0.29) is 5.91 Å². The lowest BCUT2D eigenvalue weighted by molar-refractivity contribution is -0.116. The van der Waals surface area contributed by atoms with Gasteiger partial charge >= 0.3 is 0 Å². The normalized spacial score (nSPS) is 11.2. The second kappa shape index (κ2) is 8.82. The van der Waals surface area contributed by atoms with Gasteiger partial charge < -0.3 is 5.32 Å². The molecule has 5 heteroatoms. The molecule has 0 aliphatic rings. The minimum atomic E-state index is -0.0726. The Morgan fingerprint density at radius 1 is 1.19 bits per heavy atom. The van der Waals surface area contributed by atoms with E-state index in [1.165, 1.54) is 16.0 Å². The Bertz CT molecular complexity index is 921. The number of rotatable bonds is 7. The van der Waals surface area contributed by atoms with Gasteiger partial charge in [-0.05, 0) is 50.3 Å². The predicted molar refractivity (Wildman–Crippen MR) is 112 cm³/mol. The van der Waals surface area contributed by atoms with Crippen molar-refractivity contribution in [1.29, 1.82) is 0 Å². The third kappa shape index (κ3) is 5.17. The van der Waals surface area contributed by atoms with E-state index in [4.69, 9.17) is 0 Å². The fourth-order valence-electron chi connectivity index (χ4n) is 2.95.